The minimum absolute atomic E-state index is 0.293. The van der Waals surface area contributed by atoms with Crippen LogP contribution in [0.4, 0.5) is 4.39 Å². The Bertz CT molecular complexity index is 755. The van der Waals surface area contributed by atoms with Gasteiger partial charge in [0.1, 0.15) is 19.0 Å². The van der Waals surface area contributed by atoms with E-state index in [0.717, 1.165) is 17.1 Å². The fourth-order valence-electron chi connectivity index (χ4n) is 2.61. The van der Waals surface area contributed by atoms with Gasteiger partial charge in [0.05, 0.1) is 11.6 Å². The van der Waals surface area contributed by atoms with Gasteiger partial charge in [-0.1, -0.05) is 6.07 Å². The minimum Gasteiger partial charge on any atom is -0.486 e. The summed E-state index contributed by atoms with van der Waals surface area (Å²) in [7, 11) is 1.91. The molecule has 0 aromatic heterocycles. The van der Waals surface area contributed by atoms with Crippen LogP contribution in [-0.2, 0) is 13.1 Å². The van der Waals surface area contributed by atoms with Gasteiger partial charge in [0.2, 0.25) is 0 Å². The Labute approximate surface area is 134 Å². The number of ether oxygens (including phenoxy) is 2. The summed E-state index contributed by atoms with van der Waals surface area (Å²) in [5, 5.41) is 8.92. The van der Waals surface area contributed by atoms with Crippen LogP contribution in [0.5, 0.6) is 11.5 Å². The Hall–Kier alpha value is -2.58. The Morgan fingerprint density at radius 3 is 2.65 bits per heavy atom. The lowest BCUT2D eigenvalue weighted by atomic mass is 10.1. The molecule has 0 saturated carbocycles. The van der Waals surface area contributed by atoms with Gasteiger partial charge in [0, 0.05) is 18.7 Å². The average molecular weight is 312 g/mol. The predicted octanol–water partition coefficient (Wildman–Crippen LogP) is 3.10. The zero-order valence-electron chi connectivity index (χ0n) is 12.9. The maximum Gasteiger partial charge on any atom is 0.161 e. The fraction of sp³-hybridized carbons (Fsp3) is 0.278. The van der Waals surface area contributed by atoms with Crippen molar-refractivity contribution in [3.8, 4) is 17.6 Å². The summed E-state index contributed by atoms with van der Waals surface area (Å²) in [6.45, 7) is 2.20. The van der Waals surface area contributed by atoms with Crippen molar-refractivity contribution < 1.29 is 13.9 Å². The highest BCUT2D eigenvalue weighted by Crippen LogP contribution is 2.31. The zero-order valence-corrected chi connectivity index (χ0v) is 12.9. The second-order valence-corrected chi connectivity index (χ2v) is 5.57. The van der Waals surface area contributed by atoms with Crippen LogP contribution in [0.1, 0.15) is 16.7 Å². The van der Waals surface area contributed by atoms with Crippen LogP contribution in [-0.4, -0.2) is 25.2 Å². The van der Waals surface area contributed by atoms with Crippen LogP contribution in [0.15, 0.2) is 36.4 Å². The molecule has 4 nitrogen and oxygen atoms in total. The van der Waals surface area contributed by atoms with Crippen molar-refractivity contribution in [1.29, 1.82) is 5.26 Å². The molecule has 0 unspecified atom stereocenters. The van der Waals surface area contributed by atoms with Gasteiger partial charge in [0.15, 0.2) is 11.5 Å². The molecule has 2 aromatic rings. The van der Waals surface area contributed by atoms with E-state index in [1.807, 2.05) is 36.2 Å². The minimum atomic E-state index is -0.293. The first kappa shape index (κ1) is 15.3. The topological polar surface area (TPSA) is 45.5 Å². The smallest absolute Gasteiger partial charge is 0.161 e. The van der Waals surface area contributed by atoms with E-state index in [0.29, 0.717) is 37.4 Å². The molecular weight excluding hydrogens is 295 g/mol. The standard InChI is InChI=1S/C18H17FN2O2/c1-21(12-15-8-13(10-20)2-4-16(15)19)11-14-3-5-17-18(9-14)23-7-6-22-17/h2-5,8-9H,6-7,11-12H2,1H3. The molecule has 3 rings (SSSR count). The molecule has 0 spiro atoms. The molecule has 1 heterocycles. The van der Waals surface area contributed by atoms with Crippen LogP contribution in [0, 0.1) is 17.1 Å². The van der Waals surface area contributed by atoms with E-state index in [-0.39, 0.29) is 5.82 Å². The van der Waals surface area contributed by atoms with Gasteiger partial charge in [-0.2, -0.15) is 5.26 Å². The maximum atomic E-state index is 13.9. The molecule has 118 valence electrons. The summed E-state index contributed by atoms with van der Waals surface area (Å²) in [4.78, 5) is 1.99. The van der Waals surface area contributed by atoms with Gasteiger partial charge < -0.3 is 9.47 Å². The molecule has 0 bridgehead atoms. The zero-order chi connectivity index (χ0) is 16.2. The number of benzene rings is 2. The van der Waals surface area contributed by atoms with Gasteiger partial charge in [0.25, 0.3) is 0 Å². The molecule has 1 aliphatic heterocycles. The third kappa shape index (κ3) is 3.61. The van der Waals surface area contributed by atoms with Crippen LogP contribution < -0.4 is 9.47 Å². The molecule has 0 fully saturated rings. The van der Waals surface area contributed by atoms with Crippen molar-refractivity contribution >= 4 is 0 Å². The lowest BCUT2D eigenvalue weighted by Gasteiger charge is -2.21. The predicted molar refractivity (Wildman–Crippen MR) is 83.7 cm³/mol. The van der Waals surface area contributed by atoms with Gasteiger partial charge in [-0.15, -0.1) is 0 Å². The van der Waals surface area contributed by atoms with E-state index >= 15 is 0 Å². The summed E-state index contributed by atoms with van der Waals surface area (Å²) in [5.74, 6) is 1.22. The summed E-state index contributed by atoms with van der Waals surface area (Å²) in [6, 6.07) is 12.3. The van der Waals surface area contributed by atoms with Crippen molar-refractivity contribution in [2.24, 2.45) is 0 Å². The molecular formula is C18H17FN2O2. The molecule has 0 radical (unpaired) electrons. The molecule has 1 aliphatic rings. The van der Waals surface area contributed by atoms with Crippen LogP contribution in [0.3, 0.4) is 0 Å². The Kier molecular flexibility index (Phi) is 4.45. The Morgan fingerprint density at radius 2 is 1.87 bits per heavy atom. The number of fused-ring (bicyclic) bond motifs is 1. The van der Waals surface area contributed by atoms with E-state index in [2.05, 4.69) is 0 Å². The second kappa shape index (κ2) is 6.67. The molecule has 2 aromatic carbocycles. The van der Waals surface area contributed by atoms with Crippen molar-refractivity contribution in [1.82, 2.24) is 4.90 Å². The van der Waals surface area contributed by atoms with Crippen molar-refractivity contribution in [3.05, 3.63) is 58.9 Å². The summed E-state index contributed by atoms with van der Waals surface area (Å²) < 4.78 is 24.9. The second-order valence-electron chi connectivity index (χ2n) is 5.57. The summed E-state index contributed by atoms with van der Waals surface area (Å²) in [5.41, 5.74) is 2.05. The highest BCUT2D eigenvalue weighted by atomic mass is 19.1. The van der Waals surface area contributed by atoms with Crippen LogP contribution >= 0.6 is 0 Å². The number of hydrogen-bond donors (Lipinski definition) is 0. The molecule has 0 amide bonds. The first-order valence-electron chi connectivity index (χ1n) is 7.41. The van der Waals surface area contributed by atoms with E-state index in [1.165, 1.54) is 12.1 Å². The molecule has 5 heteroatoms. The van der Waals surface area contributed by atoms with Crippen molar-refractivity contribution in [2.45, 2.75) is 13.1 Å². The first-order valence-corrected chi connectivity index (χ1v) is 7.41. The molecule has 0 N–H and O–H groups in total. The molecule has 23 heavy (non-hydrogen) atoms. The average Bonchev–Trinajstić information content (AvgIpc) is 2.56. The maximum absolute atomic E-state index is 13.9. The van der Waals surface area contributed by atoms with Crippen molar-refractivity contribution in [2.75, 3.05) is 20.3 Å². The largest absolute Gasteiger partial charge is 0.486 e. The van der Waals surface area contributed by atoms with E-state index in [4.69, 9.17) is 14.7 Å². The van der Waals surface area contributed by atoms with E-state index in [9.17, 15) is 4.39 Å². The van der Waals surface area contributed by atoms with E-state index < -0.39 is 0 Å². The van der Waals surface area contributed by atoms with Gasteiger partial charge in [-0.05, 0) is 42.9 Å². The number of rotatable bonds is 4. The van der Waals surface area contributed by atoms with Gasteiger partial charge >= 0.3 is 0 Å². The highest BCUT2D eigenvalue weighted by molar-refractivity contribution is 5.43. The quantitative estimate of drug-likeness (QED) is 0.870. The lowest BCUT2D eigenvalue weighted by molar-refractivity contribution is 0.171. The highest BCUT2D eigenvalue weighted by Gasteiger charge is 2.13. The summed E-state index contributed by atoms with van der Waals surface area (Å²) >= 11 is 0. The van der Waals surface area contributed by atoms with Gasteiger partial charge in [-0.3, -0.25) is 4.90 Å². The van der Waals surface area contributed by atoms with Crippen LogP contribution in [0.2, 0.25) is 0 Å². The lowest BCUT2D eigenvalue weighted by Crippen LogP contribution is -2.19. The summed E-state index contributed by atoms with van der Waals surface area (Å²) in [6.07, 6.45) is 0. The number of nitrogens with zero attached hydrogens (tertiary/aromatic N) is 2. The number of hydrogen-bond acceptors (Lipinski definition) is 4. The fourth-order valence-corrected chi connectivity index (χ4v) is 2.61. The third-order valence-corrected chi connectivity index (χ3v) is 3.67. The number of nitriles is 1. The SMILES string of the molecule is CN(Cc1ccc2c(c1)OCCO2)Cc1cc(C#N)ccc1F. The monoisotopic (exact) mass is 312 g/mol. The van der Waals surface area contributed by atoms with Gasteiger partial charge in [-0.25, -0.2) is 4.39 Å². The molecule has 0 aliphatic carbocycles. The van der Waals surface area contributed by atoms with Crippen molar-refractivity contribution in [3.63, 3.8) is 0 Å². The first-order chi connectivity index (χ1) is 11.2. The molecule has 0 atom stereocenters. The van der Waals surface area contributed by atoms with Crippen LogP contribution in [0.25, 0.3) is 0 Å². The normalized spacial score (nSPS) is 13.0. The number of halogens is 1. The molecule has 0 saturated heterocycles. The Morgan fingerprint density at radius 1 is 1.09 bits per heavy atom. The van der Waals surface area contributed by atoms with E-state index in [1.54, 1.807) is 6.07 Å². The Balaban J connectivity index is 1.70. The third-order valence-electron chi connectivity index (χ3n) is 3.67.